The topological polar surface area (TPSA) is 65.5 Å². The highest BCUT2D eigenvalue weighted by molar-refractivity contribution is 7.22. The minimum atomic E-state index is -0.317. The van der Waals surface area contributed by atoms with E-state index in [1.165, 1.54) is 11.3 Å². The minimum absolute atomic E-state index is 0.0509. The number of thiazole rings is 1. The molecule has 1 N–H and O–H groups in total. The molecule has 0 radical (unpaired) electrons. The molecule has 1 unspecified atom stereocenters. The van der Waals surface area contributed by atoms with Crippen LogP contribution in [0.4, 0.5) is 5.13 Å². The third kappa shape index (κ3) is 4.48. The fourth-order valence-corrected chi connectivity index (χ4v) is 4.05. The molecule has 1 aromatic heterocycles. The minimum Gasteiger partial charge on any atom is -0.342 e. The van der Waals surface area contributed by atoms with Crippen molar-refractivity contribution in [1.29, 1.82) is 0 Å². The van der Waals surface area contributed by atoms with Gasteiger partial charge in [-0.15, -0.1) is 0 Å². The Morgan fingerprint density at radius 3 is 3.04 bits per heavy atom. The van der Waals surface area contributed by atoms with Gasteiger partial charge in [-0.05, 0) is 45.3 Å². The molecule has 1 aliphatic heterocycles. The van der Waals surface area contributed by atoms with Crippen LogP contribution in [0.2, 0.25) is 5.02 Å². The van der Waals surface area contributed by atoms with Crippen molar-refractivity contribution in [3.63, 3.8) is 0 Å². The number of benzene rings is 1. The van der Waals surface area contributed by atoms with E-state index in [0.29, 0.717) is 23.2 Å². The lowest BCUT2D eigenvalue weighted by Crippen LogP contribution is -2.30. The lowest BCUT2D eigenvalue weighted by atomic mass is 10.1. The van der Waals surface area contributed by atoms with Gasteiger partial charge in [0, 0.05) is 24.5 Å². The summed E-state index contributed by atoms with van der Waals surface area (Å²) in [7, 11) is 4.01. The standard InChI is InChI=1S/C17H21ClN4O2S/c1-21(2)6-3-7-22-10-11(8-15(22)23)16(24)20-17-19-13-5-4-12(18)9-14(13)25-17/h4-5,9,11H,3,6-8,10H2,1-2H3,(H,19,20,24). The quantitative estimate of drug-likeness (QED) is 0.836. The van der Waals surface area contributed by atoms with E-state index in [-0.39, 0.29) is 24.2 Å². The first-order valence-electron chi connectivity index (χ1n) is 8.22. The molecule has 25 heavy (non-hydrogen) atoms. The lowest BCUT2D eigenvalue weighted by molar-refractivity contribution is -0.128. The van der Waals surface area contributed by atoms with Gasteiger partial charge in [-0.1, -0.05) is 22.9 Å². The number of nitrogens with zero attached hydrogens (tertiary/aromatic N) is 3. The molecule has 0 spiro atoms. The molecule has 0 saturated carbocycles. The Morgan fingerprint density at radius 2 is 2.28 bits per heavy atom. The summed E-state index contributed by atoms with van der Waals surface area (Å²) in [5.74, 6) is -0.411. The highest BCUT2D eigenvalue weighted by Crippen LogP contribution is 2.29. The number of rotatable bonds is 6. The molecule has 8 heteroatoms. The monoisotopic (exact) mass is 380 g/mol. The number of likely N-dealkylation sites (tertiary alicyclic amines) is 1. The van der Waals surface area contributed by atoms with E-state index < -0.39 is 0 Å². The second-order valence-corrected chi connectivity index (χ2v) is 7.99. The number of anilines is 1. The van der Waals surface area contributed by atoms with Crippen LogP contribution < -0.4 is 5.32 Å². The first kappa shape index (κ1) is 18.1. The number of carbonyl (C=O) groups excluding carboxylic acids is 2. The van der Waals surface area contributed by atoms with Gasteiger partial charge in [0.15, 0.2) is 5.13 Å². The maximum atomic E-state index is 12.5. The van der Waals surface area contributed by atoms with Crippen molar-refractivity contribution in [2.24, 2.45) is 5.92 Å². The second-order valence-electron chi connectivity index (χ2n) is 6.52. The lowest BCUT2D eigenvalue weighted by Gasteiger charge is -2.17. The van der Waals surface area contributed by atoms with Gasteiger partial charge < -0.3 is 15.1 Å². The SMILES string of the molecule is CN(C)CCCN1CC(C(=O)Nc2nc3ccc(Cl)cc3s2)CC1=O. The van der Waals surface area contributed by atoms with Gasteiger partial charge in [0.25, 0.3) is 0 Å². The van der Waals surface area contributed by atoms with E-state index in [4.69, 9.17) is 11.6 Å². The van der Waals surface area contributed by atoms with Crippen LogP contribution in [-0.2, 0) is 9.59 Å². The maximum absolute atomic E-state index is 12.5. The Hall–Kier alpha value is -1.70. The molecule has 1 aliphatic rings. The smallest absolute Gasteiger partial charge is 0.231 e. The summed E-state index contributed by atoms with van der Waals surface area (Å²) >= 11 is 7.36. The Balaban J connectivity index is 1.58. The Labute approximate surface area is 155 Å². The van der Waals surface area contributed by atoms with Crippen LogP contribution in [0.3, 0.4) is 0 Å². The molecule has 2 aromatic rings. The van der Waals surface area contributed by atoms with E-state index in [9.17, 15) is 9.59 Å². The molecule has 1 saturated heterocycles. The number of halogens is 1. The highest BCUT2D eigenvalue weighted by atomic mass is 35.5. The van der Waals surface area contributed by atoms with Crippen LogP contribution in [0, 0.1) is 5.92 Å². The second kappa shape index (κ2) is 7.68. The van der Waals surface area contributed by atoms with Gasteiger partial charge in [0.05, 0.1) is 16.1 Å². The molecular weight excluding hydrogens is 360 g/mol. The zero-order valence-electron chi connectivity index (χ0n) is 14.3. The summed E-state index contributed by atoms with van der Waals surface area (Å²) in [5.41, 5.74) is 0.803. The number of hydrogen-bond donors (Lipinski definition) is 1. The molecule has 0 aliphatic carbocycles. The van der Waals surface area contributed by atoms with Crippen LogP contribution in [0.15, 0.2) is 18.2 Å². The first-order valence-corrected chi connectivity index (χ1v) is 9.41. The van der Waals surface area contributed by atoms with Crippen LogP contribution >= 0.6 is 22.9 Å². The number of amides is 2. The molecule has 2 amide bonds. The number of hydrogen-bond acceptors (Lipinski definition) is 5. The maximum Gasteiger partial charge on any atom is 0.231 e. The molecule has 3 rings (SSSR count). The predicted octanol–water partition coefficient (Wildman–Crippen LogP) is 2.69. The van der Waals surface area contributed by atoms with Gasteiger partial charge in [-0.2, -0.15) is 0 Å². The molecule has 6 nitrogen and oxygen atoms in total. The predicted molar refractivity (Wildman–Crippen MR) is 101 cm³/mol. The fraction of sp³-hybridized carbons (Fsp3) is 0.471. The van der Waals surface area contributed by atoms with Gasteiger partial charge in [-0.25, -0.2) is 4.98 Å². The van der Waals surface area contributed by atoms with Crippen molar-refractivity contribution in [3.8, 4) is 0 Å². The fourth-order valence-electron chi connectivity index (χ4n) is 2.90. The largest absolute Gasteiger partial charge is 0.342 e. The van der Waals surface area contributed by atoms with Gasteiger partial charge >= 0.3 is 0 Å². The van der Waals surface area contributed by atoms with Crippen molar-refractivity contribution in [3.05, 3.63) is 23.2 Å². The van der Waals surface area contributed by atoms with Gasteiger partial charge in [0.2, 0.25) is 11.8 Å². The van der Waals surface area contributed by atoms with E-state index in [2.05, 4.69) is 15.2 Å². The number of fused-ring (bicyclic) bond motifs is 1. The summed E-state index contributed by atoms with van der Waals surface area (Å²) in [4.78, 5) is 32.8. The average Bonchev–Trinajstić information content (AvgIpc) is 3.10. The van der Waals surface area contributed by atoms with Crippen molar-refractivity contribution in [2.75, 3.05) is 39.0 Å². The molecule has 1 aromatic carbocycles. The van der Waals surface area contributed by atoms with Crippen LogP contribution in [-0.4, -0.2) is 60.3 Å². The zero-order valence-corrected chi connectivity index (χ0v) is 15.9. The van der Waals surface area contributed by atoms with E-state index in [1.54, 1.807) is 11.0 Å². The molecule has 0 bridgehead atoms. The van der Waals surface area contributed by atoms with Crippen LogP contribution in [0.5, 0.6) is 0 Å². The average molecular weight is 381 g/mol. The Morgan fingerprint density at radius 1 is 1.48 bits per heavy atom. The number of carbonyl (C=O) groups is 2. The van der Waals surface area contributed by atoms with Crippen molar-refractivity contribution >= 4 is 50.1 Å². The number of aromatic nitrogens is 1. The molecule has 1 atom stereocenters. The normalized spacial score (nSPS) is 17.7. The third-order valence-electron chi connectivity index (χ3n) is 4.20. The summed E-state index contributed by atoms with van der Waals surface area (Å²) < 4.78 is 0.926. The summed E-state index contributed by atoms with van der Waals surface area (Å²) in [6.07, 6.45) is 1.18. The van der Waals surface area contributed by atoms with E-state index in [1.807, 2.05) is 26.2 Å². The summed E-state index contributed by atoms with van der Waals surface area (Å²) in [6.45, 7) is 2.10. The van der Waals surface area contributed by atoms with Crippen LogP contribution in [0.1, 0.15) is 12.8 Å². The summed E-state index contributed by atoms with van der Waals surface area (Å²) in [6, 6.07) is 5.43. The zero-order chi connectivity index (χ0) is 18.0. The molecular formula is C17H21ClN4O2S. The molecule has 134 valence electrons. The summed E-state index contributed by atoms with van der Waals surface area (Å²) in [5, 5.41) is 4.03. The van der Waals surface area contributed by atoms with Crippen molar-refractivity contribution in [2.45, 2.75) is 12.8 Å². The first-order chi connectivity index (χ1) is 11.9. The molecule has 1 fully saturated rings. The van der Waals surface area contributed by atoms with Crippen molar-refractivity contribution < 1.29 is 9.59 Å². The van der Waals surface area contributed by atoms with Gasteiger partial charge in [0.1, 0.15) is 0 Å². The van der Waals surface area contributed by atoms with Gasteiger partial charge in [-0.3, -0.25) is 9.59 Å². The Bertz CT molecular complexity index is 792. The van der Waals surface area contributed by atoms with E-state index >= 15 is 0 Å². The van der Waals surface area contributed by atoms with Crippen molar-refractivity contribution in [1.82, 2.24) is 14.8 Å². The molecule has 2 heterocycles. The van der Waals surface area contributed by atoms with E-state index in [0.717, 1.165) is 23.2 Å². The van der Waals surface area contributed by atoms with Crippen LogP contribution in [0.25, 0.3) is 10.2 Å². The number of nitrogens with one attached hydrogen (secondary N) is 1. The third-order valence-corrected chi connectivity index (χ3v) is 5.37. The Kier molecular flexibility index (Phi) is 5.56. The highest BCUT2D eigenvalue weighted by Gasteiger charge is 2.34.